The average Bonchev–Trinajstić information content (AvgIpc) is 3.79. The Morgan fingerprint density at radius 3 is 2.20 bits per heavy atom. The van der Waals surface area contributed by atoms with Crippen LogP contribution < -0.4 is 16.4 Å². The van der Waals surface area contributed by atoms with Crippen LogP contribution in [0.25, 0.3) is 11.2 Å². The Morgan fingerprint density at radius 2 is 1.55 bits per heavy atom. The highest BCUT2D eigenvalue weighted by molar-refractivity contribution is 8.13. The predicted molar refractivity (Wildman–Crippen MR) is 242 cm³/mol. The van der Waals surface area contributed by atoms with Gasteiger partial charge in [0.05, 0.1) is 19.5 Å². The molecule has 0 saturated carbocycles. The van der Waals surface area contributed by atoms with Crippen molar-refractivity contribution < 1.29 is 80.5 Å². The standard InChI is InChI=1S/C38H68N7O17P3S/c1-5-15-26(2)16-13-11-9-7-6-8-10-12-14-17-29(47)66-21-20-40-28(46)18-19-41-36(50)33(49)38(3,4)23-59-65(56,57)62-64(54,55)58-22-27-32(61-63(51,52)53)31(48)37(60-27)45-25-44-30-34(39)42-24-43-35(30)45/h24-27,31-33,37,48-49H,5-23H2,1-4H3,(H,40,46)(H,41,50)(H,54,55)(H,56,57)(H2,39,42,43)(H2,51,52,53). The molecule has 66 heavy (non-hydrogen) atoms. The van der Waals surface area contributed by atoms with Crippen LogP contribution in [-0.2, 0) is 50.7 Å². The van der Waals surface area contributed by atoms with E-state index in [4.69, 9.17) is 19.5 Å². The van der Waals surface area contributed by atoms with E-state index < -0.39 is 84.6 Å². The first kappa shape index (κ1) is 57.9. The molecule has 2 aromatic rings. The molecule has 28 heteroatoms. The molecule has 0 aromatic carbocycles. The number of thioether (sulfide) groups is 1. The molecule has 2 aromatic heterocycles. The third-order valence-electron chi connectivity index (χ3n) is 10.6. The Morgan fingerprint density at radius 1 is 0.909 bits per heavy atom. The molecule has 1 saturated heterocycles. The maximum atomic E-state index is 12.7. The van der Waals surface area contributed by atoms with E-state index in [1.54, 1.807) is 0 Å². The first-order chi connectivity index (χ1) is 30.9. The number of phosphoric ester groups is 3. The Bertz CT molecular complexity index is 2000. The number of rotatable bonds is 33. The highest BCUT2D eigenvalue weighted by Gasteiger charge is 2.50. The molecule has 8 unspecified atom stereocenters. The maximum absolute atomic E-state index is 12.7. The molecule has 0 aliphatic carbocycles. The minimum absolute atomic E-state index is 0.0337. The number of unbranched alkanes of at least 4 members (excludes halogenated alkanes) is 8. The van der Waals surface area contributed by atoms with Crippen LogP contribution in [0.4, 0.5) is 5.82 Å². The number of nitrogens with zero attached hydrogens (tertiary/aromatic N) is 4. The normalized spacial score (nSPS) is 20.7. The number of fused-ring (bicyclic) bond motifs is 1. The summed E-state index contributed by atoms with van der Waals surface area (Å²) in [6.45, 7) is 5.15. The molecule has 0 bridgehead atoms. The van der Waals surface area contributed by atoms with Gasteiger partial charge in [-0.25, -0.2) is 28.6 Å². The number of nitrogen functional groups attached to an aromatic ring is 1. The second-order valence-corrected chi connectivity index (χ2v) is 22.3. The van der Waals surface area contributed by atoms with Crippen molar-refractivity contribution in [2.75, 3.05) is 37.8 Å². The molecule has 1 fully saturated rings. The van der Waals surface area contributed by atoms with Crippen LogP contribution in [0.1, 0.15) is 124 Å². The number of carbonyl (C=O) groups excluding carboxylic acids is 3. The van der Waals surface area contributed by atoms with Crippen LogP contribution in [0.2, 0.25) is 0 Å². The summed E-state index contributed by atoms with van der Waals surface area (Å²) in [5, 5.41) is 26.7. The third-order valence-corrected chi connectivity index (χ3v) is 14.7. The van der Waals surface area contributed by atoms with Crippen molar-refractivity contribution in [3.8, 4) is 0 Å². The average molecular weight is 1020 g/mol. The number of aromatic nitrogens is 4. The van der Waals surface area contributed by atoms with Crippen LogP contribution in [-0.4, -0.2) is 123 Å². The molecule has 0 radical (unpaired) electrons. The summed E-state index contributed by atoms with van der Waals surface area (Å²) in [4.78, 5) is 88.3. The van der Waals surface area contributed by atoms with E-state index >= 15 is 0 Å². The van der Waals surface area contributed by atoms with Crippen molar-refractivity contribution in [3.05, 3.63) is 12.7 Å². The monoisotopic (exact) mass is 1020 g/mol. The molecule has 10 N–H and O–H groups in total. The minimum atomic E-state index is -5.57. The SMILES string of the molecule is CCCC(C)CCCCCCCCCCCC(=O)SCCNC(=O)CCNC(=O)C(O)C(C)(C)COP(=O)(O)OP(=O)(O)OCC1OC(n2cnc3c(N)ncnc32)C(O)C1OP(=O)(O)O. The summed E-state index contributed by atoms with van der Waals surface area (Å²) in [6.07, 6.45) is 8.09. The van der Waals surface area contributed by atoms with Crippen molar-refractivity contribution in [1.82, 2.24) is 30.2 Å². The van der Waals surface area contributed by atoms with E-state index in [-0.39, 0.29) is 41.6 Å². The second kappa shape index (κ2) is 27.7. The van der Waals surface area contributed by atoms with E-state index in [0.29, 0.717) is 12.2 Å². The van der Waals surface area contributed by atoms with Crippen LogP contribution in [0.15, 0.2) is 12.7 Å². The number of amides is 2. The van der Waals surface area contributed by atoms with E-state index in [0.717, 1.165) is 54.2 Å². The van der Waals surface area contributed by atoms with Crippen LogP contribution >= 0.6 is 35.2 Å². The molecule has 0 spiro atoms. The number of hydrogen-bond donors (Lipinski definition) is 9. The van der Waals surface area contributed by atoms with Gasteiger partial charge in [0.15, 0.2) is 22.8 Å². The fraction of sp³-hybridized carbons (Fsp3) is 0.789. The number of carbonyl (C=O) groups is 3. The van der Waals surface area contributed by atoms with Gasteiger partial charge < -0.3 is 50.9 Å². The zero-order chi connectivity index (χ0) is 49.1. The van der Waals surface area contributed by atoms with E-state index in [1.807, 2.05) is 0 Å². The molecule has 1 aliphatic rings. The highest BCUT2D eigenvalue weighted by atomic mass is 32.2. The van der Waals surface area contributed by atoms with Crippen molar-refractivity contribution in [1.29, 1.82) is 0 Å². The molecule has 378 valence electrons. The molecular weight excluding hydrogens is 951 g/mol. The predicted octanol–water partition coefficient (Wildman–Crippen LogP) is 4.39. The van der Waals surface area contributed by atoms with Gasteiger partial charge in [-0.1, -0.05) is 110 Å². The van der Waals surface area contributed by atoms with E-state index in [9.17, 15) is 57.9 Å². The fourth-order valence-electron chi connectivity index (χ4n) is 7.00. The van der Waals surface area contributed by atoms with Crippen molar-refractivity contribution >= 4 is 69.1 Å². The lowest BCUT2D eigenvalue weighted by atomic mass is 9.87. The Kier molecular flexibility index (Phi) is 24.3. The first-order valence-electron chi connectivity index (χ1n) is 22.0. The lowest BCUT2D eigenvalue weighted by molar-refractivity contribution is -0.137. The quantitative estimate of drug-likeness (QED) is 0.0353. The molecule has 24 nitrogen and oxygen atoms in total. The number of aliphatic hydroxyl groups is 2. The second-order valence-electron chi connectivity index (χ2n) is 16.9. The number of aliphatic hydroxyl groups excluding tert-OH is 2. The van der Waals surface area contributed by atoms with Gasteiger partial charge in [-0.15, -0.1) is 0 Å². The van der Waals surface area contributed by atoms with Crippen molar-refractivity contribution in [2.45, 2.75) is 148 Å². The molecule has 2 amide bonds. The number of nitrogens with two attached hydrogens (primary N) is 1. The van der Waals surface area contributed by atoms with E-state index in [1.165, 1.54) is 71.6 Å². The lowest BCUT2D eigenvalue weighted by Gasteiger charge is -2.30. The summed E-state index contributed by atoms with van der Waals surface area (Å²) in [5.74, 6) is -0.188. The number of nitrogens with one attached hydrogen (secondary N) is 2. The number of anilines is 1. The molecular formula is C38H68N7O17P3S. The Labute approximate surface area is 388 Å². The Hall–Kier alpha value is -2.44. The maximum Gasteiger partial charge on any atom is 0.481 e. The first-order valence-corrected chi connectivity index (χ1v) is 27.5. The van der Waals surface area contributed by atoms with Gasteiger partial charge >= 0.3 is 23.5 Å². The van der Waals surface area contributed by atoms with Gasteiger partial charge in [-0.3, -0.25) is 32.5 Å². The summed E-state index contributed by atoms with van der Waals surface area (Å²) < 4.78 is 62.4. The number of phosphoric acid groups is 3. The number of imidazole rings is 1. The van der Waals surface area contributed by atoms with Gasteiger partial charge in [-0.05, 0) is 12.3 Å². The van der Waals surface area contributed by atoms with Gasteiger partial charge in [0.25, 0.3) is 0 Å². The molecule has 1 aliphatic heterocycles. The topological polar surface area (TPSA) is 364 Å². The summed E-state index contributed by atoms with van der Waals surface area (Å²) >= 11 is 1.15. The van der Waals surface area contributed by atoms with Gasteiger partial charge in [0.1, 0.15) is 36.3 Å². The smallest absolute Gasteiger partial charge is 0.386 e. The largest absolute Gasteiger partial charge is 0.481 e. The van der Waals surface area contributed by atoms with Gasteiger partial charge in [0, 0.05) is 37.1 Å². The summed E-state index contributed by atoms with van der Waals surface area (Å²) in [7, 11) is -16.4. The Balaban J connectivity index is 1.32. The van der Waals surface area contributed by atoms with Crippen LogP contribution in [0, 0.1) is 11.3 Å². The minimum Gasteiger partial charge on any atom is -0.386 e. The van der Waals surface area contributed by atoms with E-state index in [2.05, 4.69) is 48.3 Å². The molecule has 3 rings (SSSR count). The van der Waals surface area contributed by atoms with Gasteiger partial charge in [-0.2, -0.15) is 4.31 Å². The zero-order valence-electron chi connectivity index (χ0n) is 37.8. The third kappa shape index (κ3) is 20.7. The summed E-state index contributed by atoms with van der Waals surface area (Å²) in [6, 6.07) is 0. The molecule has 3 heterocycles. The van der Waals surface area contributed by atoms with Crippen molar-refractivity contribution in [2.24, 2.45) is 11.3 Å². The van der Waals surface area contributed by atoms with Crippen LogP contribution in [0.5, 0.6) is 0 Å². The number of hydrogen-bond acceptors (Lipinski definition) is 18. The van der Waals surface area contributed by atoms with Crippen molar-refractivity contribution in [3.63, 3.8) is 0 Å². The van der Waals surface area contributed by atoms with Crippen LogP contribution in [0.3, 0.4) is 0 Å². The number of ether oxygens (including phenoxy) is 1. The highest BCUT2D eigenvalue weighted by Crippen LogP contribution is 2.61. The molecule has 8 atom stereocenters. The zero-order valence-corrected chi connectivity index (χ0v) is 41.3. The summed E-state index contributed by atoms with van der Waals surface area (Å²) in [5.41, 5.74) is 4.29. The fourth-order valence-corrected chi connectivity index (χ4v) is 10.6. The lowest BCUT2D eigenvalue weighted by Crippen LogP contribution is -2.46. The van der Waals surface area contributed by atoms with Gasteiger partial charge in [0.2, 0.25) is 11.8 Å².